The van der Waals surface area contributed by atoms with Crippen molar-refractivity contribution in [1.29, 1.82) is 0 Å². The van der Waals surface area contributed by atoms with Gasteiger partial charge in [-0.1, -0.05) is 32.8 Å². The van der Waals surface area contributed by atoms with Crippen molar-refractivity contribution in [3.63, 3.8) is 0 Å². The molecular formula is C17H27NO2. The number of benzene rings is 1. The van der Waals surface area contributed by atoms with Crippen LogP contribution in [0.15, 0.2) is 12.1 Å². The SMILES string of the molecule is COc1cc(C(C)C)cc(C2(CN)CCCC2)c1OC. The van der Waals surface area contributed by atoms with Crippen molar-refractivity contribution in [2.75, 3.05) is 20.8 Å². The molecule has 0 aromatic heterocycles. The number of rotatable bonds is 5. The summed E-state index contributed by atoms with van der Waals surface area (Å²) in [6.45, 7) is 5.08. The van der Waals surface area contributed by atoms with Gasteiger partial charge < -0.3 is 15.2 Å². The van der Waals surface area contributed by atoms with E-state index in [1.165, 1.54) is 24.0 Å². The number of hydrogen-bond donors (Lipinski definition) is 1. The fourth-order valence-electron chi connectivity index (χ4n) is 3.35. The highest BCUT2D eigenvalue weighted by molar-refractivity contribution is 5.54. The molecule has 1 aromatic rings. The molecule has 0 saturated heterocycles. The number of nitrogens with two attached hydrogens (primary N) is 1. The highest BCUT2D eigenvalue weighted by Gasteiger charge is 2.38. The molecule has 1 aliphatic rings. The highest BCUT2D eigenvalue weighted by atomic mass is 16.5. The Labute approximate surface area is 122 Å². The maximum absolute atomic E-state index is 6.15. The van der Waals surface area contributed by atoms with E-state index in [1.807, 2.05) is 0 Å². The molecule has 0 amide bonds. The maximum atomic E-state index is 6.15. The van der Waals surface area contributed by atoms with E-state index in [2.05, 4.69) is 26.0 Å². The van der Waals surface area contributed by atoms with Gasteiger partial charge in [-0.15, -0.1) is 0 Å². The van der Waals surface area contributed by atoms with Crippen LogP contribution in [0.4, 0.5) is 0 Å². The van der Waals surface area contributed by atoms with Gasteiger partial charge in [0, 0.05) is 17.5 Å². The fourth-order valence-corrected chi connectivity index (χ4v) is 3.35. The number of hydrogen-bond acceptors (Lipinski definition) is 3. The van der Waals surface area contributed by atoms with E-state index in [9.17, 15) is 0 Å². The summed E-state index contributed by atoms with van der Waals surface area (Å²) in [5.41, 5.74) is 8.73. The summed E-state index contributed by atoms with van der Waals surface area (Å²) in [6, 6.07) is 4.37. The second-order valence-electron chi connectivity index (χ2n) is 6.15. The van der Waals surface area contributed by atoms with Gasteiger partial charge in [-0.05, 0) is 30.4 Å². The van der Waals surface area contributed by atoms with E-state index in [4.69, 9.17) is 15.2 Å². The van der Waals surface area contributed by atoms with Crippen LogP contribution in [0, 0.1) is 0 Å². The Morgan fingerprint density at radius 3 is 2.25 bits per heavy atom. The van der Waals surface area contributed by atoms with E-state index in [-0.39, 0.29) is 5.41 Å². The Bertz CT molecular complexity index is 462. The lowest BCUT2D eigenvalue weighted by molar-refractivity contribution is 0.336. The van der Waals surface area contributed by atoms with E-state index in [0.717, 1.165) is 24.3 Å². The van der Waals surface area contributed by atoms with Gasteiger partial charge in [0.25, 0.3) is 0 Å². The summed E-state index contributed by atoms with van der Waals surface area (Å²) < 4.78 is 11.2. The lowest BCUT2D eigenvalue weighted by atomic mass is 9.77. The summed E-state index contributed by atoms with van der Waals surface area (Å²) in [5, 5.41) is 0. The van der Waals surface area contributed by atoms with Gasteiger partial charge >= 0.3 is 0 Å². The highest BCUT2D eigenvalue weighted by Crippen LogP contribution is 2.48. The molecule has 1 aromatic carbocycles. The maximum Gasteiger partial charge on any atom is 0.164 e. The van der Waals surface area contributed by atoms with Crippen molar-refractivity contribution in [3.05, 3.63) is 23.3 Å². The fraction of sp³-hybridized carbons (Fsp3) is 0.647. The van der Waals surface area contributed by atoms with Crippen LogP contribution >= 0.6 is 0 Å². The van der Waals surface area contributed by atoms with Crippen molar-refractivity contribution in [2.24, 2.45) is 5.73 Å². The van der Waals surface area contributed by atoms with Gasteiger partial charge in [0.2, 0.25) is 0 Å². The van der Waals surface area contributed by atoms with E-state index in [0.29, 0.717) is 12.5 Å². The van der Waals surface area contributed by atoms with Gasteiger partial charge in [-0.25, -0.2) is 0 Å². The third kappa shape index (κ3) is 2.51. The van der Waals surface area contributed by atoms with Gasteiger partial charge in [0.1, 0.15) is 0 Å². The molecule has 0 bridgehead atoms. The van der Waals surface area contributed by atoms with Crippen LogP contribution in [0.25, 0.3) is 0 Å². The first-order valence-corrected chi connectivity index (χ1v) is 7.54. The van der Waals surface area contributed by atoms with Crippen LogP contribution < -0.4 is 15.2 Å². The Morgan fingerprint density at radius 2 is 1.80 bits per heavy atom. The third-order valence-electron chi connectivity index (χ3n) is 4.69. The van der Waals surface area contributed by atoms with Gasteiger partial charge in [0.15, 0.2) is 11.5 Å². The standard InChI is InChI=1S/C17H27NO2/c1-12(2)13-9-14(16(20-4)15(10-13)19-3)17(11-18)7-5-6-8-17/h9-10,12H,5-8,11,18H2,1-4H3. The van der Waals surface area contributed by atoms with Crippen molar-refractivity contribution in [1.82, 2.24) is 0 Å². The molecule has 3 heteroatoms. The zero-order valence-electron chi connectivity index (χ0n) is 13.2. The second kappa shape index (κ2) is 6.04. The van der Waals surface area contributed by atoms with E-state index in [1.54, 1.807) is 14.2 Å². The molecule has 0 unspecified atom stereocenters. The molecule has 2 N–H and O–H groups in total. The molecule has 0 atom stereocenters. The first kappa shape index (κ1) is 15.2. The second-order valence-corrected chi connectivity index (χ2v) is 6.15. The summed E-state index contributed by atoms with van der Waals surface area (Å²) in [5.74, 6) is 2.16. The molecule has 1 fully saturated rings. The monoisotopic (exact) mass is 277 g/mol. The number of methoxy groups -OCH3 is 2. The molecule has 3 nitrogen and oxygen atoms in total. The molecule has 0 heterocycles. The summed E-state index contributed by atoms with van der Waals surface area (Å²) >= 11 is 0. The topological polar surface area (TPSA) is 44.5 Å². The molecule has 0 radical (unpaired) electrons. The predicted octanol–water partition coefficient (Wildman–Crippen LogP) is 3.60. The minimum Gasteiger partial charge on any atom is -0.493 e. The molecular weight excluding hydrogens is 250 g/mol. The molecule has 0 aliphatic heterocycles. The lowest BCUT2D eigenvalue weighted by Crippen LogP contribution is -2.32. The molecule has 20 heavy (non-hydrogen) atoms. The van der Waals surface area contributed by atoms with Gasteiger partial charge in [0.05, 0.1) is 14.2 Å². The van der Waals surface area contributed by atoms with Crippen molar-refractivity contribution >= 4 is 0 Å². The van der Waals surface area contributed by atoms with Crippen LogP contribution in [0.3, 0.4) is 0 Å². The van der Waals surface area contributed by atoms with Crippen molar-refractivity contribution in [2.45, 2.75) is 50.9 Å². The van der Waals surface area contributed by atoms with Gasteiger partial charge in [-0.3, -0.25) is 0 Å². The first-order chi connectivity index (χ1) is 9.57. The van der Waals surface area contributed by atoms with Crippen LogP contribution in [0.1, 0.15) is 56.6 Å². The molecule has 1 saturated carbocycles. The summed E-state index contributed by atoms with van der Waals surface area (Å²) in [6.07, 6.45) is 4.78. The zero-order valence-corrected chi connectivity index (χ0v) is 13.2. The molecule has 0 spiro atoms. The van der Waals surface area contributed by atoms with Crippen molar-refractivity contribution < 1.29 is 9.47 Å². The lowest BCUT2D eigenvalue weighted by Gasteiger charge is -2.31. The average molecular weight is 277 g/mol. The van der Waals surface area contributed by atoms with Crippen molar-refractivity contribution in [3.8, 4) is 11.5 Å². The van der Waals surface area contributed by atoms with Crippen LogP contribution in [0.2, 0.25) is 0 Å². The van der Waals surface area contributed by atoms with Gasteiger partial charge in [-0.2, -0.15) is 0 Å². The van der Waals surface area contributed by atoms with E-state index < -0.39 is 0 Å². The smallest absolute Gasteiger partial charge is 0.164 e. The van der Waals surface area contributed by atoms with Crippen LogP contribution in [0.5, 0.6) is 11.5 Å². The van der Waals surface area contributed by atoms with Crippen LogP contribution in [-0.4, -0.2) is 20.8 Å². The van der Waals surface area contributed by atoms with E-state index >= 15 is 0 Å². The molecule has 112 valence electrons. The Balaban J connectivity index is 2.62. The minimum atomic E-state index is 0.0591. The Morgan fingerprint density at radius 1 is 1.15 bits per heavy atom. The third-order valence-corrected chi connectivity index (χ3v) is 4.69. The zero-order chi connectivity index (χ0) is 14.8. The molecule has 2 rings (SSSR count). The minimum absolute atomic E-state index is 0.0591. The average Bonchev–Trinajstić information content (AvgIpc) is 2.95. The predicted molar refractivity (Wildman–Crippen MR) is 82.8 cm³/mol. The normalized spacial score (nSPS) is 17.5. The van der Waals surface area contributed by atoms with Crippen LogP contribution in [-0.2, 0) is 5.41 Å². The Kier molecular flexibility index (Phi) is 4.59. The summed E-state index contributed by atoms with van der Waals surface area (Å²) in [4.78, 5) is 0. The quantitative estimate of drug-likeness (QED) is 0.894. The Hall–Kier alpha value is -1.22. The summed E-state index contributed by atoms with van der Waals surface area (Å²) in [7, 11) is 3.42. The molecule has 1 aliphatic carbocycles. The first-order valence-electron chi connectivity index (χ1n) is 7.54. The largest absolute Gasteiger partial charge is 0.493 e. The number of ether oxygens (including phenoxy) is 2.